The minimum Gasteiger partial charge on any atom is -0.480 e. The number of carboxylic acids is 1. The third kappa shape index (κ3) is 2.99. The zero-order valence-corrected chi connectivity index (χ0v) is 10.2. The van der Waals surface area contributed by atoms with Crippen LogP contribution < -0.4 is 4.90 Å². The largest absolute Gasteiger partial charge is 0.480 e. The molecule has 1 unspecified atom stereocenters. The maximum atomic E-state index is 11.0. The second-order valence-electron chi connectivity index (χ2n) is 4.67. The lowest BCUT2D eigenvalue weighted by Gasteiger charge is -2.32. The molecule has 1 aliphatic carbocycles. The Morgan fingerprint density at radius 1 is 1.41 bits per heavy atom. The van der Waals surface area contributed by atoms with Gasteiger partial charge in [-0.05, 0) is 37.3 Å². The maximum Gasteiger partial charge on any atom is 0.323 e. The van der Waals surface area contributed by atoms with Crippen LogP contribution in [0, 0.1) is 5.92 Å². The van der Waals surface area contributed by atoms with Gasteiger partial charge in [-0.3, -0.25) is 4.79 Å². The molecule has 0 amide bonds. The number of nitrogens with zero attached hydrogens (tertiary/aromatic N) is 1. The quantitative estimate of drug-likeness (QED) is 0.821. The Bertz CT molecular complexity index is 373. The fourth-order valence-corrected chi connectivity index (χ4v) is 2.45. The number of para-hydroxylation sites is 1. The summed E-state index contributed by atoms with van der Waals surface area (Å²) in [6.07, 6.45) is 3.48. The van der Waals surface area contributed by atoms with Crippen molar-refractivity contribution in [3.05, 3.63) is 30.3 Å². The van der Waals surface area contributed by atoms with Crippen LogP contribution in [0.1, 0.15) is 26.2 Å². The fraction of sp³-hybridized carbons (Fsp3) is 0.500. The highest BCUT2D eigenvalue weighted by molar-refractivity contribution is 5.74. The van der Waals surface area contributed by atoms with E-state index in [0.29, 0.717) is 12.0 Å². The first kappa shape index (κ1) is 12.0. The summed E-state index contributed by atoms with van der Waals surface area (Å²) in [7, 11) is 0. The van der Waals surface area contributed by atoms with Crippen molar-refractivity contribution < 1.29 is 9.90 Å². The minimum absolute atomic E-state index is 0.0962. The Kier molecular flexibility index (Phi) is 3.67. The van der Waals surface area contributed by atoms with E-state index in [1.165, 1.54) is 12.8 Å². The van der Waals surface area contributed by atoms with Gasteiger partial charge in [-0.2, -0.15) is 0 Å². The molecule has 0 saturated heterocycles. The number of hydrogen-bond acceptors (Lipinski definition) is 2. The lowest BCUT2D eigenvalue weighted by Crippen LogP contribution is -2.40. The molecule has 3 nitrogen and oxygen atoms in total. The zero-order chi connectivity index (χ0) is 12.3. The Labute approximate surface area is 102 Å². The summed E-state index contributed by atoms with van der Waals surface area (Å²) in [6, 6.07) is 10.2. The third-order valence-electron chi connectivity index (χ3n) is 3.38. The van der Waals surface area contributed by atoms with Gasteiger partial charge in [0.15, 0.2) is 0 Å². The summed E-state index contributed by atoms with van der Waals surface area (Å²) in [6.45, 7) is 2.24. The van der Waals surface area contributed by atoms with Crippen LogP contribution in [0.25, 0.3) is 0 Å². The Morgan fingerprint density at radius 3 is 2.53 bits per heavy atom. The molecule has 1 aromatic rings. The Hall–Kier alpha value is -1.51. The van der Waals surface area contributed by atoms with Crippen molar-refractivity contribution in [2.24, 2.45) is 5.92 Å². The number of carbonyl (C=O) groups is 1. The van der Waals surface area contributed by atoms with Crippen LogP contribution in [0.2, 0.25) is 0 Å². The highest BCUT2D eigenvalue weighted by atomic mass is 16.4. The van der Waals surface area contributed by atoms with Crippen LogP contribution in [0.3, 0.4) is 0 Å². The normalized spacial score (nSPS) is 16.5. The summed E-state index contributed by atoms with van der Waals surface area (Å²) >= 11 is 0. The number of anilines is 1. The highest BCUT2D eigenvalue weighted by Gasteiger charge is 2.34. The second kappa shape index (κ2) is 5.21. The molecule has 0 aliphatic heterocycles. The lowest BCUT2D eigenvalue weighted by molar-refractivity contribution is -0.135. The SMILES string of the molecule is CCC(C1CC1)N(CC(=O)O)c1ccccc1. The molecule has 1 saturated carbocycles. The molecule has 1 aliphatic rings. The number of hydrogen-bond donors (Lipinski definition) is 1. The number of aliphatic carboxylic acids is 1. The lowest BCUT2D eigenvalue weighted by atomic mass is 10.1. The monoisotopic (exact) mass is 233 g/mol. The summed E-state index contributed by atoms with van der Waals surface area (Å²) in [5.41, 5.74) is 1.02. The molecular formula is C14H19NO2. The zero-order valence-electron chi connectivity index (χ0n) is 10.2. The molecule has 0 radical (unpaired) electrons. The molecule has 0 bridgehead atoms. The fourth-order valence-electron chi connectivity index (χ4n) is 2.45. The van der Waals surface area contributed by atoms with Crippen molar-refractivity contribution in [1.82, 2.24) is 0 Å². The predicted octanol–water partition coefficient (Wildman–Crippen LogP) is 2.77. The van der Waals surface area contributed by atoms with Gasteiger partial charge in [0.05, 0.1) is 0 Å². The van der Waals surface area contributed by atoms with Crippen molar-refractivity contribution in [3.63, 3.8) is 0 Å². The first-order valence-corrected chi connectivity index (χ1v) is 6.26. The summed E-state index contributed by atoms with van der Waals surface area (Å²) in [4.78, 5) is 13.0. The van der Waals surface area contributed by atoms with Gasteiger partial charge < -0.3 is 10.0 Å². The van der Waals surface area contributed by atoms with Crippen molar-refractivity contribution in [3.8, 4) is 0 Å². The Balaban J connectivity index is 2.20. The van der Waals surface area contributed by atoms with E-state index < -0.39 is 5.97 Å². The first-order chi connectivity index (χ1) is 8.22. The van der Waals surface area contributed by atoms with E-state index in [0.717, 1.165) is 12.1 Å². The van der Waals surface area contributed by atoms with Gasteiger partial charge >= 0.3 is 5.97 Å². The molecule has 1 fully saturated rings. The van der Waals surface area contributed by atoms with Gasteiger partial charge in [0.25, 0.3) is 0 Å². The molecule has 0 heterocycles. The molecule has 3 heteroatoms. The van der Waals surface area contributed by atoms with E-state index in [9.17, 15) is 4.79 Å². The topological polar surface area (TPSA) is 40.5 Å². The number of rotatable bonds is 6. The van der Waals surface area contributed by atoms with Crippen LogP contribution in [-0.2, 0) is 4.79 Å². The molecule has 1 aromatic carbocycles. The van der Waals surface area contributed by atoms with Crippen LogP contribution in [0.15, 0.2) is 30.3 Å². The average Bonchev–Trinajstić information content (AvgIpc) is 3.14. The van der Waals surface area contributed by atoms with E-state index >= 15 is 0 Å². The first-order valence-electron chi connectivity index (χ1n) is 6.26. The second-order valence-corrected chi connectivity index (χ2v) is 4.67. The molecule has 1 atom stereocenters. The molecule has 0 aromatic heterocycles. The van der Waals surface area contributed by atoms with E-state index in [4.69, 9.17) is 5.11 Å². The van der Waals surface area contributed by atoms with Gasteiger partial charge in [0.1, 0.15) is 6.54 Å². The van der Waals surface area contributed by atoms with E-state index in [2.05, 4.69) is 6.92 Å². The summed E-state index contributed by atoms with van der Waals surface area (Å²) in [5.74, 6) is -0.0764. The molecule has 2 rings (SSSR count). The smallest absolute Gasteiger partial charge is 0.323 e. The maximum absolute atomic E-state index is 11.0. The van der Waals surface area contributed by atoms with E-state index in [-0.39, 0.29) is 6.54 Å². The predicted molar refractivity (Wildman–Crippen MR) is 68.2 cm³/mol. The van der Waals surface area contributed by atoms with Gasteiger partial charge in [0.2, 0.25) is 0 Å². The standard InChI is InChI=1S/C14H19NO2/c1-2-13(11-8-9-11)15(10-14(16)17)12-6-4-3-5-7-12/h3-7,11,13H,2,8-10H2,1H3,(H,16,17). The minimum atomic E-state index is -0.757. The Morgan fingerprint density at radius 2 is 2.06 bits per heavy atom. The van der Waals surface area contributed by atoms with Crippen LogP contribution in [-0.4, -0.2) is 23.7 Å². The number of benzene rings is 1. The van der Waals surface area contributed by atoms with Crippen molar-refractivity contribution in [1.29, 1.82) is 0 Å². The van der Waals surface area contributed by atoms with Gasteiger partial charge in [0, 0.05) is 11.7 Å². The van der Waals surface area contributed by atoms with Crippen molar-refractivity contribution in [2.45, 2.75) is 32.2 Å². The van der Waals surface area contributed by atoms with Gasteiger partial charge in [-0.1, -0.05) is 25.1 Å². The summed E-state index contributed by atoms with van der Waals surface area (Å²) in [5, 5.41) is 9.05. The van der Waals surface area contributed by atoms with Crippen molar-refractivity contribution >= 4 is 11.7 Å². The van der Waals surface area contributed by atoms with Crippen molar-refractivity contribution in [2.75, 3.05) is 11.4 Å². The number of carboxylic acid groups (broad SMARTS) is 1. The molecular weight excluding hydrogens is 214 g/mol. The van der Waals surface area contributed by atoms with Gasteiger partial charge in [-0.15, -0.1) is 0 Å². The van der Waals surface area contributed by atoms with Crippen LogP contribution >= 0.6 is 0 Å². The van der Waals surface area contributed by atoms with Crippen LogP contribution in [0.5, 0.6) is 0 Å². The van der Waals surface area contributed by atoms with Gasteiger partial charge in [-0.25, -0.2) is 0 Å². The van der Waals surface area contributed by atoms with E-state index in [1.807, 2.05) is 35.2 Å². The average molecular weight is 233 g/mol. The van der Waals surface area contributed by atoms with E-state index in [1.54, 1.807) is 0 Å². The highest BCUT2D eigenvalue weighted by Crippen LogP contribution is 2.38. The third-order valence-corrected chi connectivity index (χ3v) is 3.38. The molecule has 92 valence electrons. The summed E-state index contributed by atoms with van der Waals surface area (Å²) < 4.78 is 0. The van der Waals surface area contributed by atoms with Crippen LogP contribution in [0.4, 0.5) is 5.69 Å². The molecule has 0 spiro atoms. The molecule has 17 heavy (non-hydrogen) atoms. The molecule has 1 N–H and O–H groups in total.